The summed E-state index contributed by atoms with van der Waals surface area (Å²) in [5, 5.41) is 14.6. The number of phenolic OH excluding ortho intramolecular Hbond substituents is 1. The number of carbonyl (C=O) groups excluding carboxylic acids is 1. The number of hydrogen-bond donors (Lipinski definition) is 3. The molecule has 2 aliphatic rings. The van der Waals surface area contributed by atoms with Crippen LogP contribution in [-0.2, 0) is 9.53 Å². The summed E-state index contributed by atoms with van der Waals surface area (Å²) < 4.78 is 18.5. The minimum atomic E-state index is -0.476. The van der Waals surface area contributed by atoms with Crippen molar-refractivity contribution >= 4 is 11.8 Å². The zero-order valence-electron chi connectivity index (χ0n) is 13.9. The third-order valence-electron chi connectivity index (χ3n) is 3.88. The predicted molar refractivity (Wildman–Crippen MR) is 89.7 cm³/mol. The smallest absolute Gasteiger partial charge is 0.339 e. The number of nitrogens with zero attached hydrogens (tertiary/aromatic N) is 2. The van der Waals surface area contributed by atoms with Gasteiger partial charge in [0.1, 0.15) is 23.2 Å². The Morgan fingerprint density at radius 2 is 2.32 bits per heavy atom. The number of hydrogen-bond acceptors (Lipinski definition) is 6. The van der Waals surface area contributed by atoms with E-state index in [2.05, 4.69) is 15.7 Å². The van der Waals surface area contributed by atoms with E-state index in [0.717, 1.165) is 0 Å². The molecule has 1 aromatic rings. The number of benzene rings is 1. The number of amidine groups is 1. The second-order valence-electron chi connectivity index (χ2n) is 5.59. The Balaban J connectivity index is 1.85. The summed E-state index contributed by atoms with van der Waals surface area (Å²) in [6.07, 6.45) is 3.45. The Bertz CT molecular complexity index is 788. The van der Waals surface area contributed by atoms with Gasteiger partial charge in [-0.15, -0.1) is 0 Å². The molecule has 2 aliphatic heterocycles. The van der Waals surface area contributed by atoms with Crippen molar-refractivity contribution in [3.63, 3.8) is 0 Å². The van der Waals surface area contributed by atoms with Gasteiger partial charge in [0, 0.05) is 11.8 Å². The molecular weight excluding hydrogens is 327 g/mol. The van der Waals surface area contributed by atoms with Gasteiger partial charge in [0.15, 0.2) is 0 Å². The summed E-state index contributed by atoms with van der Waals surface area (Å²) in [6, 6.07) is 3.27. The molecule has 0 bridgehead atoms. The number of nitrogens with one attached hydrogen (secondary N) is 2. The van der Waals surface area contributed by atoms with Gasteiger partial charge in [-0.3, -0.25) is 10.0 Å². The molecule has 1 atom stereocenters. The van der Waals surface area contributed by atoms with Crippen molar-refractivity contribution in [2.45, 2.75) is 19.9 Å². The Morgan fingerprint density at radius 1 is 1.52 bits per heavy atom. The molecule has 3 rings (SSSR count). The molecule has 132 valence electrons. The average molecular weight is 346 g/mol. The van der Waals surface area contributed by atoms with Crippen LogP contribution in [0.3, 0.4) is 0 Å². The summed E-state index contributed by atoms with van der Waals surface area (Å²) in [7, 11) is 0. The Labute approximate surface area is 144 Å². The largest absolute Gasteiger partial charge is 0.508 e. The van der Waals surface area contributed by atoms with Gasteiger partial charge < -0.3 is 15.2 Å². The van der Waals surface area contributed by atoms with Gasteiger partial charge in [-0.05, 0) is 38.1 Å². The highest BCUT2D eigenvalue weighted by molar-refractivity contribution is 5.98. The van der Waals surface area contributed by atoms with Gasteiger partial charge in [0.2, 0.25) is 0 Å². The van der Waals surface area contributed by atoms with E-state index in [-0.39, 0.29) is 5.75 Å². The van der Waals surface area contributed by atoms with Crippen LogP contribution in [0.4, 0.5) is 4.39 Å². The van der Waals surface area contributed by atoms with Crippen molar-refractivity contribution in [1.29, 1.82) is 0 Å². The lowest BCUT2D eigenvalue weighted by Crippen LogP contribution is -2.38. The first-order chi connectivity index (χ1) is 12.0. The number of phenols is 1. The van der Waals surface area contributed by atoms with Crippen molar-refractivity contribution in [3.8, 4) is 5.75 Å². The lowest BCUT2D eigenvalue weighted by atomic mass is 10.1. The third kappa shape index (κ3) is 3.48. The molecule has 0 radical (unpaired) electrons. The topological polar surface area (TPSA) is 86.2 Å². The molecule has 25 heavy (non-hydrogen) atoms. The fourth-order valence-corrected chi connectivity index (χ4v) is 2.64. The zero-order valence-corrected chi connectivity index (χ0v) is 13.9. The first kappa shape index (κ1) is 17.0. The Kier molecular flexibility index (Phi) is 4.71. The fraction of sp³-hybridized carbons (Fsp3) is 0.294. The van der Waals surface area contributed by atoms with Gasteiger partial charge in [-0.25, -0.2) is 14.6 Å². The van der Waals surface area contributed by atoms with E-state index in [4.69, 9.17) is 4.74 Å². The maximum Gasteiger partial charge on any atom is 0.339 e. The number of aliphatic imine (C=N–C) groups is 1. The molecule has 0 aliphatic carbocycles. The molecule has 1 unspecified atom stereocenters. The van der Waals surface area contributed by atoms with Gasteiger partial charge in [0.05, 0.1) is 24.8 Å². The standard InChI is InChI=1S/C17H19FN4O3/c1-3-25-17(24)13-9-19-22-7-6-15(21-16(13)22)20-10(2)12-8-11(18)4-5-14(12)23/h4-8,10,19,23H,3,9H2,1-2H3,(H,20,21). The van der Waals surface area contributed by atoms with Gasteiger partial charge >= 0.3 is 5.97 Å². The highest BCUT2D eigenvalue weighted by Gasteiger charge is 2.29. The summed E-state index contributed by atoms with van der Waals surface area (Å²) in [4.78, 5) is 16.5. The van der Waals surface area contributed by atoms with Crippen LogP contribution in [0.25, 0.3) is 0 Å². The van der Waals surface area contributed by atoms with Crippen LogP contribution < -0.4 is 10.7 Å². The SMILES string of the molecule is CCOC(=O)C1=C2NC(=NC(C)c3cc(F)ccc3O)C=CN2NC1. The Hall–Kier alpha value is -2.87. The fourth-order valence-electron chi connectivity index (χ4n) is 2.64. The normalized spacial score (nSPS) is 19.0. The van der Waals surface area contributed by atoms with E-state index in [0.29, 0.717) is 35.9 Å². The summed E-state index contributed by atoms with van der Waals surface area (Å²) >= 11 is 0. The predicted octanol–water partition coefficient (Wildman–Crippen LogP) is 1.70. The van der Waals surface area contributed by atoms with Crippen LogP contribution in [0.15, 0.2) is 46.9 Å². The highest BCUT2D eigenvalue weighted by Crippen LogP contribution is 2.28. The van der Waals surface area contributed by atoms with Crippen molar-refractivity contribution in [2.75, 3.05) is 13.2 Å². The molecule has 3 N–H and O–H groups in total. The molecule has 2 heterocycles. The number of halogens is 1. The van der Waals surface area contributed by atoms with Crippen molar-refractivity contribution in [1.82, 2.24) is 15.8 Å². The quantitative estimate of drug-likeness (QED) is 0.720. The molecule has 0 fully saturated rings. The lowest BCUT2D eigenvalue weighted by molar-refractivity contribution is -0.138. The lowest BCUT2D eigenvalue weighted by Gasteiger charge is -2.24. The first-order valence-electron chi connectivity index (χ1n) is 7.94. The van der Waals surface area contributed by atoms with Crippen molar-refractivity contribution in [3.05, 3.63) is 53.2 Å². The molecular formula is C17H19FN4O3. The summed E-state index contributed by atoms with van der Waals surface area (Å²) in [5.41, 5.74) is 3.89. The van der Waals surface area contributed by atoms with Crippen LogP contribution in [0.5, 0.6) is 5.75 Å². The average Bonchev–Trinajstić information content (AvgIpc) is 3.00. The van der Waals surface area contributed by atoms with E-state index in [1.807, 2.05) is 0 Å². The molecule has 1 aromatic carbocycles. The van der Waals surface area contributed by atoms with Crippen molar-refractivity contribution < 1.29 is 19.0 Å². The van der Waals surface area contributed by atoms with E-state index in [1.165, 1.54) is 18.2 Å². The second-order valence-corrected chi connectivity index (χ2v) is 5.59. The van der Waals surface area contributed by atoms with Gasteiger partial charge in [0.25, 0.3) is 0 Å². The van der Waals surface area contributed by atoms with Crippen LogP contribution in [0, 0.1) is 5.82 Å². The van der Waals surface area contributed by atoms with E-state index < -0.39 is 17.8 Å². The number of hydrazine groups is 1. The first-order valence-corrected chi connectivity index (χ1v) is 7.94. The molecule has 0 aromatic heterocycles. The summed E-state index contributed by atoms with van der Waals surface area (Å²) in [6.45, 7) is 4.13. The molecule has 0 amide bonds. The third-order valence-corrected chi connectivity index (χ3v) is 3.88. The number of esters is 1. The minimum Gasteiger partial charge on any atom is -0.508 e. The number of ether oxygens (including phenoxy) is 1. The van der Waals surface area contributed by atoms with Gasteiger partial charge in [-0.2, -0.15) is 0 Å². The second kappa shape index (κ2) is 6.94. The maximum atomic E-state index is 13.4. The molecule has 0 saturated carbocycles. The number of aromatic hydroxyl groups is 1. The molecule has 0 spiro atoms. The number of fused-ring (bicyclic) bond motifs is 1. The minimum absolute atomic E-state index is 0.0198. The van der Waals surface area contributed by atoms with Gasteiger partial charge in [-0.1, -0.05) is 0 Å². The van der Waals surface area contributed by atoms with E-state index in [9.17, 15) is 14.3 Å². The van der Waals surface area contributed by atoms with Crippen LogP contribution in [0.2, 0.25) is 0 Å². The molecule has 8 heteroatoms. The van der Waals surface area contributed by atoms with E-state index in [1.54, 1.807) is 31.1 Å². The number of rotatable bonds is 4. The molecule has 7 nitrogen and oxygen atoms in total. The maximum absolute atomic E-state index is 13.4. The van der Waals surface area contributed by atoms with Crippen LogP contribution in [0.1, 0.15) is 25.5 Å². The monoisotopic (exact) mass is 346 g/mol. The zero-order chi connectivity index (χ0) is 18.0. The van der Waals surface area contributed by atoms with Crippen LogP contribution >= 0.6 is 0 Å². The van der Waals surface area contributed by atoms with Crippen molar-refractivity contribution in [2.24, 2.45) is 4.99 Å². The van der Waals surface area contributed by atoms with Crippen LogP contribution in [-0.4, -0.2) is 35.1 Å². The van der Waals surface area contributed by atoms with E-state index >= 15 is 0 Å². The molecule has 0 saturated heterocycles. The Morgan fingerprint density at radius 3 is 3.08 bits per heavy atom. The number of carbonyl (C=O) groups is 1. The summed E-state index contributed by atoms with van der Waals surface area (Å²) in [5.74, 6) is 0.188. The highest BCUT2D eigenvalue weighted by atomic mass is 19.1.